The zero-order chi connectivity index (χ0) is 18.3. The number of ether oxygens (including phenoxy) is 1. The van der Waals surface area contributed by atoms with Gasteiger partial charge in [-0.3, -0.25) is 19.4 Å². The van der Waals surface area contributed by atoms with E-state index in [0.717, 1.165) is 15.5 Å². The van der Waals surface area contributed by atoms with Crippen LogP contribution in [0.15, 0.2) is 41.8 Å². The summed E-state index contributed by atoms with van der Waals surface area (Å²) in [5.74, 6) is -0.185. The van der Waals surface area contributed by atoms with Gasteiger partial charge < -0.3 is 9.64 Å². The van der Waals surface area contributed by atoms with Crippen molar-refractivity contribution in [1.82, 2.24) is 9.80 Å². The summed E-state index contributed by atoms with van der Waals surface area (Å²) < 4.78 is 5.77. The average Bonchev–Trinajstić information content (AvgIpc) is 2.94. The Morgan fingerprint density at radius 1 is 1.08 bits per heavy atom. The molecule has 7 nitrogen and oxygen atoms in total. The summed E-state index contributed by atoms with van der Waals surface area (Å²) >= 11 is 6.03. The van der Waals surface area contributed by atoms with Gasteiger partial charge >= 0.3 is 6.03 Å². The zero-order valence-electron chi connectivity index (χ0n) is 13.9. The fourth-order valence-electron chi connectivity index (χ4n) is 2.67. The van der Waals surface area contributed by atoms with Crippen LogP contribution in [0.1, 0.15) is 6.92 Å². The van der Waals surface area contributed by atoms with Crippen LogP contribution in [-0.4, -0.2) is 48.3 Å². The maximum atomic E-state index is 12.2. The molecule has 1 fully saturated rings. The van der Waals surface area contributed by atoms with Crippen molar-refractivity contribution in [2.45, 2.75) is 6.92 Å². The van der Waals surface area contributed by atoms with Gasteiger partial charge in [-0.05, 0) is 37.3 Å². The van der Waals surface area contributed by atoms with Crippen molar-refractivity contribution >= 4 is 35.1 Å². The maximum Gasteiger partial charge on any atom is 0.333 e. The van der Waals surface area contributed by atoms with Gasteiger partial charge in [0.05, 0.1) is 5.69 Å². The molecule has 2 aliphatic rings. The molecule has 0 N–H and O–H groups in total. The van der Waals surface area contributed by atoms with Crippen LogP contribution in [0.5, 0.6) is 5.75 Å². The summed E-state index contributed by atoms with van der Waals surface area (Å²) in [6.45, 7) is 2.56. The Hall–Kier alpha value is -2.80. The second-order valence-electron chi connectivity index (χ2n) is 5.55. The van der Waals surface area contributed by atoms with Gasteiger partial charge in [0.1, 0.15) is 5.57 Å². The van der Waals surface area contributed by atoms with Crippen molar-refractivity contribution in [2.75, 3.05) is 25.5 Å². The van der Waals surface area contributed by atoms with E-state index in [1.54, 1.807) is 24.3 Å². The van der Waals surface area contributed by atoms with E-state index in [9.17, 15) is 14.4 Å². The van der Waals surface area contributed by atoms with Gasteiger partial charge in [-0.2, -0.15) is 0 Å². The molecule has 0 atom stereocenters. The summed E-state index contributed by atoms with van der Waals surface area (Å²) in [6, 6.07) is 4.60. The van der Waals surface area contributed by atoms with E-state index >= 15 is 0 Å². The molecule has 0 unspecified atom stereocenters. The van der Waals surface area contributed by atoms with Crippen molar-refractivity contribution in [1.29, 1.82) is 0 Å². The van der Waals surface area contributed by atoms with E-state index in [1.807, 2.05) is 11.8 Å². The lowest BCUT2D eigenvalue weighted by Crippen LogP contribution is -2.53. The third kappa shape index (κ3) is 2.76. The first kappa shape index (κ1) is 17.0. The van der Waals surface area contributed by atoms with E-state index in [-0.39, 0.29) is 5.57 Å². The quantitative estimate of drug-likeness (QED) is 0.597. The molecule has 4 amide bonds. The van der Waals surface area contributed by atoms with E-state index in [2.05, 4.69) is 0 Å². The van der Waals surface area contributed by atoms with Crippen molar-refractivity contribution < 1.29 is 19.1 Å². The highest BCUT2D eigenvalue weighted by atomic mass is 35.5. The van der Waals surface area contributed by atoms with Crippen LogP contribution < -0.4 is 9.64 Å². The number of urea groups is 1. The Labute approximate surface area is 149 Å². The number of rotatable bonds is 2. The molecule has 0 saturated carbocycles. The minimum Gasteiger partial charge on any atom is -0.439 e. The van der Waals surface area contributed by atoms with E-state index in [0.29, 0.717) is 23.2 Å². The van der Waals surface area contributed by atoms with Gasteiger partial charge in [0.2, 0.25) is 5.88 Å². The number of likely N-dealkylation sites (N-methyl/N-ethyl adjacent to an activating group) is 2. The topological polar surface area (TPSA) is 70.2 Å². The van der Waals surface area contributed by atoms with Gasteiger partial charge in [0.15, 0.2) is 5.75 Å². The first-order chi connectivity index (χ1) is 11.8. The van der Waals surface area contributed by atoms with Gasteiger partial charge in [-0.15, -0.1) is 0 Å². The minimum absolute atomic E-state index is 0.106. The van der Waals surface area contributed by atoms with E-state index in [4.69, 9.17) is 16.3 Å². The highest BCUT2D eigenvalue weighted by Gasteiger charge is 2.37. The fraction of sp³-hybridized carbons (Fsp3) is 0.235. The smallest absolute Gasteiger partial charge is 0.333 e. The third-order valence-electron chi connectivity index (χ3n) is 4.05. The van der Waals surface area contributed by atoms with Crippen LogP contribution in [-0.2, 0) is 9.59 Å². The Kier molecular flexibility index (Phi) is 4.26. The van der Waals surface area contributed by atoms with Gasteiger partial charge in [-0.25, -0.2) is 4.79 Å². The predicted molar refractivity (Wildman–Crippen MR) is 92.2 cm³/mol. The number of carbonyl (C=O) groups excluding carboxylic acids is 3. The van der Waals surface area contributed by atoms with E-state index in [1.165, 1.54) is 20.2 Å². The molecule has 0 aliphatic carbocycles. The number of hydrogen-bond donors (Lipinski definition) is 0. The molecule has 1 aromatic carbocycles. The predicted octanol–water partition coefficient (Wildman–Crippen LogP) is 2.38. The molecule has 0 spiro atoms. The lowest BCUT2D eigenvalue weighted by Gasteiger charge is -2.28. The number of halogens is 1. The monoisotopic (exact) mass is 361 g/mol. The van der Waals surface area contributed by atoms with Crippen LogP contribution in [0.25, 0.3) is 0 Å². The summed E-state index contributed by atoms with van der Waals surface area (Å²) in [6.07, 6.45) is 2.91. The van der Waals surface area contributed by atoms with Crippen molar-refractivity contribution in [3.05, 3.63) is 46.8 Å². The van der Waals surface area contributed by atoms with Crippen molar-refractivity contribution in [2.24, 2.45) is 0 Å². The second kappa shape index (κ2) is 6.25. The van der Waals surface area contributed by atoms with Crippen molar-refractivity contribution in [3.8, 4) is 5.75 Å². The first-order valence-corrected chi connectivity index (χ1v) is 8.00. The summed E-state index contributed by atoms with van der Waals surface area (Å²) in [4.78, 5) is 39.8. The van der Waals surface area contributed by atoms with Crippen LogP contribution in [0.3, 0.4) is 0 Å². The number of imide groups is 2. The summed E-state index contributed by atoms with van der Waals surface area (Å²) in [5.41, 5.74) is 0.705. The Bertz CT molecular complexity index is 820. The molecule has 0 radical (unpaired) electrons. The number of nitrogens with zero attached hydrogens (tertiary/aromatic N) is 3. The highest BCUT2D eigenvalue weighted by molar-refractivity contribution is 6.31. The number of hydrogen-bond acceptors (Lipinski definition) is 5. The van der Waals surface area contributed by atoms with E-state index < -0.39 is 17.8 Å². The van der Waals surface area contributed by atoms with Gasteiger partial charge in [0, 0.05) is 25.7 Å². The maximum absolute atomic E-state index is 12.2. The summed E-state index contributed by atoms with van der Waals surface area (Å²) in [5, 5.41) is 0.583. The molecule has 130 valence electrons. The third-order valence-corrected chi connectivity index (χ3v) is 4.28. The molecule has 0 aromatic heterocycles. The largest absolute Gasteiger partial charge is 0.439 e. The SMILES string of the molecule is CCN1C(=CC=C2C(=O)N(C)C(=O)N(C)C2=O)Oc2ccc(Cl)cc21. The number of benzene rings is 1. The highest BCUT2D eigenvalue weighted by Crippen LogP contribution is 2.40. The molecular weight excluding hydrogens is 346 g/mol. The van der Waals surface area contributed by atoms with Crippen molar-refractivity contribution in [3.63, 3.8) is 0 Å². The summed E-state index contributed by atoms with van der Waals surface area (Å²) in [7, 11) is 2.66. The standard InChI is InChI=1S/C17H16ClN3O4/c1-4-21-12-9-10(18)5-7-13(12)25-14(21)8-6-11-15(22)19(2)17(24)20(3)16(11)23/h5-9H,4H2,1-3H3. The average molecular weight is 362 g/mol. The second-order valence-corrected chi connectivity index (χ2v) is 5.99. The minimum atomic E-state index is -0.658. The number of anilines is 1. The molecule has 2 aliphatic heterocycles. The van der Waals surface area contributed by atoms with Crippen LogP contribution in [0.2, 0.25) is 5.02 Å². The zero-order valence-corrected chi connectivity index (χ0v) is 14.7. The molecule has 25 heavy (non-hydrogen) atoms. The fourth-order valence-corrected chi connectivity index (χ4v) is 2.84. The number of fused-ring (bicyclic) bond motifs is 1. The van der Waals surface area contributed by atoms with Crippen LogP contribution in [0.4, 0.5) is 10.5 Å². The first-order valence-electron chi connectivity index (χ1n) is 7.62. The molecule has 8 heteroatoms. The van der Waals surface area contributed by atoms with Crippen LogP contribution >= 0.6 is 11.6 Å². The Morgan fingerprint density at radius 3 is 2.32 bits per heavy atom. The molecule has 1 aromatic rings. The number of allylic oxidation sites excluding steroid dienone is 2. The lowest BCUT2D eigenvalue weighted by molar-refractivity contribution is -0.134. The molecule has 0 bridgehead atoms. The number of barbiturate groups is 1. The van der Waals surface area contributed by atoms with Crippen LogP contribution in [0, 0.1) is 0 Å². The van der Waals surface area contributed by atoms with Gasteiger partial charge in [-0.1, -0.05) is 11.6 Å². The molecule has 3 rings (SSSR count). The lowest BCUT2D eigenvalue weighted by atomic mass is 10.1. The molecule has 2 heterocycles. The Balaban J connectivity index is 1.96. The number of carbonyl (C=O) groups is 3. The number of amides is 4. The molecular formula is C17H16ClN3O4. The molecule has 1 saturated heterocycles. The van der Waals surface area contributed by atoms with Gasteiger partial charge in [0.25, 0.3) is 11.8 Å². The Morgan fingerprint density at radius 2 is 1.72 bits per heavy atom. The normalized spacial score (nSPS) is 18.9.